The Kier molecular flexibility index (Phi) is 6.85. The molecule has 0 radical (unpaired) electrons. The number of esters is 1. The molecule has 0 atom stereocenters. The Morgan fingerprint density at radius 2 is 1.70 bits per heavy atom. The fourth-order valence-corrected chi connectivity index (χ4v) is 4.29. The van der Waals surface area contributed by atoms with Gasteiger partial charge in [-0.05, 0) is 24.3 Å². The lowest BCUT2D eigenvalue weighted by Crippen LogP contribution is -2.51. The van der Waals surface area contributed by atoms with Crippen LogP contribution in [0.4, 0.5) is 0 Å². The fourth-order valence-electron chi connectivity index (χ4n) is 2.85. The summed E-state index contributed by atoms with van der Waals surface area (Å²) in [5, 5.41) is 2.32. The molecule has 0 aliphatic carbocycles. The van der Waals surface area contributed by atoms with Gasteiger partial charge < -0.3 is 19.4 Å². The number of hydrogen-bond acceptors (Lipinski definition) is 7. The van der Waals surface area contributed by atoms with Crippen molar-refractivity contribution in [3.63, 3.8) is 0 Å². The second kappa shape index (κ2) is 9.55. The first kappa shape index (κ1) is 21.5. The molecule has 1 aliphatic rings. The van der Waals surface area contributed by atoms with Crippen molar-refractivity contribution < 1.29 is 32.0 Å². The minimum absolute atomic E-state index is 0.0576. The number of amides is 2. The van der Waals surface area contributed by atoms with Gasteiger partial charge in [-0.15, -0.1) is 0 Å². The highest BCUT2D eigenvalue weighted by atomic mass is 32.2. The van der Waals surface area contributed by atoms with Crippen LogP contribution in [0.5, 0.6) is 0 Å². The van der Waals surface area contributed by atoms with E-state index < -0.39 is 41.0 Å². The van der Waals surface area contributed by atoms with Crippen LogP contribution < -0.4 is 5.32 Å². The smallest absolute Gasteiger partial charge is 0.325 e. The Balaban J connectivity index is 1.41. The van der Waals surface area contributed by atoms with Crippen LogP contribution in [-0.4, -0.2) is 74.7 Å². The largest absolute Gasteiger partial charge is 0.459 e. The molecule has 0 bridgehead atoms. The topological polar surface area (TPSA) is 126 Å². The molecule has 1 aliphatic heterocycles. The van der Waals surface area contributed by atoms with Gasteiger partial charge in [0.2, 0.25) is 10.0 Å². The van der Waals surface area contributed by atoms with Crippen LogP contribution >= 0.6 is 0 Å². The van der Waals surface area contributed by atoms with Crippen molar-refractivity contribution >= 4 is 27.8 Å². The molecule has 11 heteroatoms. The molecule has 0 spiro atoms. The molecule has 160 valence electrons. The average Bonchev–Trinajstić information content (AvgIpc) is 3.31. The minimum Gasteiger partial charge on any atom is -0.459 e. The number of carbonyl (C=O) groups excluding carboxylic acids is 3. The van der Waals surface area contributed by atoms with Gasteiger partial charge in [0.1, 0.15) is 6.54 Å². The molecule has 1 fully saturated rings. The number of rotatable bonds is 7. The number of benzene rings is 1. The number of sulfonamides is 1. The summed E-state index contributed by atoms with van der Waals surface area (Å²) in [5.74, 6) is -1.72. The Hall–Kier alpha value is -3.18. The van der Waals surface area contributed by atoms with E-state index in [2.05, 4.69) is 5.32 Å². The Morgan fingerprint density at radius 1 is 1.00 bits per heavy atom. The van der Waals surface area contributed by atoms with E-state index in [9.17, 15) is 22.8 Å². The standard InChI is InChI=1S/C19H21N3O7S/c23-17(14-29-18(24)13-20-19(25)16-7-4-12-28-16)21-8-10-22(11-9-21)30(26,27)15-5-2-1-3-6-15/h1-7,12H,8-11,13-14H2,(H,20,25). The van der Waals surface area contributed by atoms with E-state index in [1.165, 1.54) is 39.7 Å². The summed E-state index contributed by atoms with van der Waals surface area (Å²) in [4.78, 5) is 37.3. The van der Waals surface area contributed by atoms with Gasteiger partial charge in [-0.1, -0.05) is 18.2 Å². The quantitative estimate of drug-likeness (QED) is 0.611. The van der Waals surface area contributed by atoms with E-state index in [-0.39, 0.29) is 36.8 Å². The first-order chi connectivity index (χ1) is 14.4. The predicted molar refractivity (Wildman–Crippen MR) is 104 cm³/mol. The molecule has 1 aromatic carbocycles. The number of ether oxygens (including phenoxy) is 1. The Bertz CT molecular complexity index is 982. The van der Waals surface area contributed by atoms with Crippen LogP contribution in [-0.2, 0) is 24.3 Å². The summed E-state index contributed by atoms with van der Waals surface area (Å²) in [6.45, 7) is -0.210. The van der Waals surface area contributed by atoms with Crippen LogP contribution in [0.25, 0.3) is 0 Å². The summed E-state index contributed by atoms with van der Waals surface area (Å²) in [7, 11) is -3.61. The fraction of sp³-hybridized carbons (Fsp3) is 0.316. The number of piperazine rings is 1. The van der Waals surface area contributed by atoms with Gasteiger partial charge in [-0.25, -0.2) is 8.42 Å². The summed E-state index contributed by atoms with van der Waals surface area (Å²) in [6.07, 6.45) is 1.33. The summed E-state index contributed by atoms with van der Waals surface area (Å²) < 4.78 is 36.3. The molecular formula is C19H21N3O7S. The van der Waals surface area contributed by atoms with Gasteiger partial charge >= 0.3 is 5.97 Å². The van der Waals surface area contributed by atoms with E-state index in [1.807, 2.05) is 0 Å². The monoisotopic (exact) mass is 435 g/mol. The highest BCUT2D eigenvalue weighted by Crippen LogP contribution is 2.17. The third-order valence-electron chi connectivity index (χ3n) is 4.47. The second-order valence-electron chi connectivity index (χ2n) is 6.42. The Labute approximate surface area is 173 Å². The van der Waals surface area contributed by atoms with Gasteiger partial charge in [0.15, 0.2) is 12.4 Å². The maximum absolute atomic E-state index is 12.6. The average molecular weight is 435 g/mol. The lowest BCUT2D eigenvalue weighted by molar-refractivity contribution is -0.151. The van der Waals surface area contributed by atoms with Crippen LogP contribution in [0.3, 0.4) is 0 Å². The lowest BCUT2D eigenvalue weighted by Gasteiger charge is -2.33. The Morgan fingerprint density at radius 3 is 2.33 bits per heavy atom. The summed E-state index contributed by atoms with van der Waals surface area (Å²) >= 11 is 0. The highest BCUT2D eigenvalue weighted by Gasteiger charge is 2.30. The van der Waals surface area contributed by atoms with Crippen molar-refractivity contribution in [2.24, 2.45) is 0 Å². The molecule has 2 amide bonds. The second-order valence-corrected chi connectivity index (χ2v) is 8.36. The minimum atomic E-state index is -3.61. The zero-order chi connectivity index (χ0) is 21.6. The lowest BCUT2D eigenvalue weighted by atomic mass is 10.3. The SMILES string of the molecule is O=C(CNC(=O)c1ccco1)OCC(=O)N1CCN(S(=O)(=O)c2ccccc2)CC1. The molecule has 2 aromatic rings. The maximum Gasteiger partial charge on any atom is 0.325 e. The number of furan rings is 1. The molecule has 1 aromatic heterocycles. The zero-order valence-electron chi connectivity index (χ0n) is 16.0. The van der Waals surface area contributed by atoms with Gasteiger partial charge in [0.05, 0.1) is 11.2 Å². The zero-order valence-corrected chi connectivity index (χ0v) is 16.8. The maximum atomic E-state index is 12.6. The van der Waals surface area contributed by atoms with E-state index in [4.69, 9.17) is 9.15 Å². The number of carbonyl (C=O) groups is 3. The molecule has 10 nitrogen and oxygen atoms in total. The van der Waals surface area contributed by atoms with Crippen LogP contribution in [0, 0.1) is 0 Å². The molecule has 1 N–H and O–H groups in total. The van der Waals surface area contributed by atoms with Gasteiger partial charge in [-0.3, -0.25) is 14.4 Å². The van der Waals surface area contributed by atoms with Crippen LogP contribution in [0.1, 0.15) is 10.6 Å². The van der Waals surface area contributed by atoms with Crippen LogP contribution in [0.2, 0.25) is 0 Å². The van der Waals surface area contributed by atoms with E-state index >= 15 is 0 Å². The van der Waals surface area contributed by atoms with E-state index in [0.717, 1.165) is 0 Å². The van der Waals surface area contributed by atoms with Gasteiger partial charge in [-0.2, -0.15) is 4.31 Å². The molecule has 0 unspecified atom stereocenters. The summed E-state index contributed by atoms with van der Waals surface area (Å²) in [6, 6.07) is 11.1. The molecule has 0 saturated carbocycles. The number of nitrogens with zero attached hydrogens (tertiary/aromatic N) is 2. The number of hydrogen-bond donors (Lipinski definition) is 1. The third-order valence-corrected chi connectivity index (χ3v) is 6.38. The van der Waals surface area contributed by atoms with E-state index in [1.54, 1.807) is 18.2 Å². The third kappa shape index (κ3) is 5.24. The van der Waals surface area contributed by atoms with Crippen molar-refractivity contribution in [3.8, 4) is 0 Å². The van der Waals surface area contributed by atoms with Gasteiger partial charge in [0, 0.05) is 26.2 Å². The predicted octanol–water partition coefficient (Wildman–Crippen LogP) is 0.0857. The van der Waals surface area contributed by atoms with Crippen molar-refractivity contribution in [2.45, 2.75) is 4.90 Å². The van der Waals surface area contributed by atoms with Crippen molar-refractivity contribution in [1.29, 1.82) is 0 Å². The summed E-state index contributed by atoms with van der Waals surface area (Å²) in [5.41, 5.74) is 0. The van der Waals surface area contributed by atoms with Gasteiger partial charge in [0.25, 0.3) is 11.8 Å². The van der Waals surface area contributed by atoms with Crippen molar-refractivity contribution in [1.82, 2.24) is 14.5 Å². The normalized spacial score (nSPS) is 14.9. The molecule has 2 heterocycles. The molecule has 3 rings (SSSR count). The highest BCUT2D eigenvalue weighted by molar-refractivity contribution is 7.89. The number of nitrogens with one attached hydrogen (secondary N) is 1. The molecular weight excluding hydrogens is 414 g/mol. The van der Waals surface area contributed by atoms with Crippen molar-refractivity contribution in [2.75, 3.05) is 39.3 Å². The molecule has 1 saturated heterocycles. The van der Waals surface area contributed by atoms with Crippen LogP contribution in [0.15, 0.2) is 58.0 Å². The first-order valence-electron chi connectivity index (χ1n) is 9.18. The first-order valence-corrected chi connectivity index (χ1v) is 10.6. The van der Waals surface area contributed by atoms with E-state index in [0.29, 0.717) is 0 Å². The molecule has 30 heavy (non-hydrogen) atoms. The van der Waals surface area contributed by atoms with Crippen molar-refractivity contribution in [3.05, 3.63) is 54.5 Å².